The highest BCUT2D eigenvalue weighted by molar-refractivity contribution is 5.80. The van der Waals surface area contributed by atoms with Gasteiger partial charge in [-0.25, -0.2) is 0 Å². The molecule has 0 radical (unpaired) electrons. The fourth-order valence-corrected chi connectivity index (χ4v) is 3.43. The third kappa shape index (κ3) is 4.70. The van der Waals surface area contributed by atoms with Crippen molar-refractivity contribution in [2.45, 2.75) is 58.5 Å². The zero-order valence-corrected chi connectivity index (χ0v) is 13.8. The van der Waals surface area contributed by atoms with E-state index < -0.39 is 5.97 Å². The third-order valence-corrected chi connectivity index (χ3v) is 4.88. The molecule has 126 valence electrons. The fraction of sp³-hybridized carbons (Fsp3) is 0.882. The first-order valence-electron chi connectivity index (χ1n) is 8.60. The Morgan fingerprint density at radius 2 is 1.95 bits per heavy atom. The molecule has 1 saturated carbocycles. The Labute approximate surface area is 133 Å². The van der Waals surface area contributed by atoms with E-state index in [1.54, 1.807) is 0 Å². The van der Waals surface area contributed by atoms with E-state index in [2.05, 4.69) is 13.8 Å². The van der Waals surface area contributed by atoms with E-state index in [4.69, 9.17) is 9.84 Å². The highest BCUT2D eigenvalue weighted by Gasteiger charge is 2.35. The lowest BCUT2D eigenvalue weighted by Gasteiger charge is -2.29. The second-order valence-corrected chi connectivity index (χ2v) is 7.15. The molecule has 2 fully saturated rings. The molecule has 22 heavy (non-hydrogen) atoms. The van der Waals surface area contributed by atoms with Crippen LogP contribution in [-0.2, 0) is 14.3 Å². The van der Waals surface area contributed by atoms with Gasteiger partial charge in [-0.2, -0.15) is 0 Å². The quantitative estimate of drug-likeness (QED) is 0.818. The monoisotopic (exact) mass is 311 g/mol. The molecule has 1 aliphatic heterocycles. The van der Waals surface area contributed by atoms with Crippen LogP contribution in [0, 0.1) is 17.8 Å². The minimum atomic E-state index is -0.756. The Hall–Kier alpha value is -1.10. The number of hydrogen-bond donors (Lipinski definition) is 1. The number of rotatable bonds is 6. The predicted octanol–water partition coefficient (Wildman–Crippen LogP) is 2.54. The van der Waals surface area contributed by atoms with Crippen molar-refractivity contribution in [3.05, 3.63) is 0 Å². The van der Waals surface area contributed by atoms with E-state index in [9.17, 15) is 9.59 Å². The minimum absolute atomic E-state index is 0.107. The summed E-state index contributed by atoms with van der Waals surface area (Å²) in [5, 5.41) is 9.14. The largest absolute Gasteiger partial charge is 0.481 e. The van der Waals surface area contributed by atoms with E-state index in [1.807, 2.05) is 4.90 Å². The number of hydrogen-bond acceptors (Lipinski definition) is 3. The molecule has 1 saturated heterocycles. The molecule has 1 heterocycles. The second-order valence-electron chi connectivity index (χ2n) is 7.15. The molecule has 5 nitrogen and oxygen atoms in total. The van der Waals surface area contributed by atoms with Gasteiger partial charge in [0, 0.05) is 25.6 Å². The summed E-state index contributed by atoms with van der Waals surface area (Å²) in [4.78, 5) is 25.6. The molecule has 0 aromatic rings. The van der Waals surface area contributed by atoms with Gasteiger partial charge < -0.3 is 14.7 Å². The van der Waals surface area contributed by atoms with Crippen molar-refractivity contribution in [3.8, 4) is 0 Å². The van der Waals surface area contributed by atoms with Gasteiger partial charge in [-0.05, 0) is 38.0 Å². The van der Waals surface area contributed by atoms with E-state index in [0.717, 1.165) is 38.8 Å². The number of carboxylic acids is 1. The Morgan fingerprint density at radius 3 is 2.64 bits per heavy atom. The molecule has 2 aliphatic rings. The summed E-state index contributed by atoms with van der Waals surface area (Å²) < 4.78 is 5.85. The van der Waals surface area contributed by atoms with Gasteiger partial charge in [0.05, 0.1) is 12.0 Å². The van der Waals surface area contributed by atoms with Crippen molar-refractivity contribution < 1.29 is 19.4 Å². The maximum atomic E-state index is 12.6. The second kappa shape index (κ2) is 7.95. The summed E-state index contributed by atoms with van der Waals surface area (Å²) in [5.74, 6) is -0.434. The summed E-state index contributed by atoms with van der Waals surface area (Å²) in [6.07, 6.45) is 4.99. The third-order valence-electron chi connectivity index (χ3n) is 4.88. The Balaban J connectivity index is 1.77. The number of carbonyl (C=O) groups is 2. The summed E-state index contributed by atoms with van der Waals surface area (Å²) in [6, 6.07) is 0. The van der Waals surface area contributed by atoms with Gasteiger partial charge in [-0.1, -0.05) is 20.3 Å². The van der Waals surface area contributed by atoms with Gasteiger partial charge in [0.15, 0.2) is 0 Å². The Kier molecular flexibility index (Phi) is 6.24. The van der Waals surface area contributed by atoms with Crippen molar-refractivity contribution in [2.75, 3.05) is 19.7 Å². The van der Waals surface area contributed by atoms with Crippen LogP contribution in [0.5, 0.6) is 0 Å². The van der Waals surface area contributed by atoms with Crippen LogP contribution in [0.3, 0.4) is 0 Å². The lowest BCUT2D eigenvalue weighted by molar-refractivity contribution is -0.145. The molecule has 1 amide bonds. The van der Waals surface area contributed by atoms with Crippen molar-refractivity contribution >= 4 is 11.9 Å². The molecule has 0 aromatic heterocycles. The maximum Gasteiger partial charge on any atom is 0.306 e. The summed E-state index contributed by atoms with van der Waals surface area (Å²) in [6.45, 7) is 6.53. The van der Waals surface area contributed by atoms with E-state index in [1.165, 1.54) is 0 Å². The molecular weight excluding hydrogens is 282 g/mol. The Bertz CT molecular complexity index is 396. The van der Waals surface area contributed by atoms with Crippen LogP contribution < -0.4 is 0 Å². The summed E-state index contributed by atoms with van der Waals surface area (Å²) in [5.41, 5.74) is 0. The van der Waals surface area contributed by atoms with Crippen molar-refractivity contribution in [3.63, 3.8) is 0 Å². The van der Waals surface area contributed by atoms with Gasteiger partial charge in [0.2, 0.25) is 5.91 Å². The molecule has 0 spiro atoms. The van der Waals surface area contributed by atoms with Gasteiger partial charge >= 0.3 is 5.97 Å². The van der Waals surface area contributed by atoms with Gasteiger partial charge in [-0.15, -0.1) is 0 Å². The van der Waals surface area contributed by atoms with Crippen LogP contribution >= 0.6 is 0 Å². The standard InChI is InChI=1S/C17H29NO4/c1-12(2)7-9-22-15-6-8-18(11-15)16(19)13-4-3-5-14(10-13)17(20)21/h12-15H,3-11H2,1-2H3,(H,20,21). The molecule has 2 rings (SSSR count). The molecule has 5 heteroatoms. The zero-order chi connectivity index (χ0) is 16.1. The zero-order valence-electron chi connectivity index (χ0n) is 13.8. The number of amides is 1. The number of carbonyl (C=O) groups excluding carboxylic acids is 1. The molecule has 3 unspecified atom stereocenters. The minimum Gasteiger partial charge on any atom is -0.481 e. The first-order chi connectivity index (χ1) is 10.5. The molecule has 1 N–H and O–H groups in total. The number of aliphatic carboxylic acids is 1. The molecular formula is C17H29NO4. The van der Waals surface area contributed by atoms with Crippen molar-refractivity contribution in [1.29, 1.82) is 0 Å². The topological polar surface area (TPSA) is 66.8 Å². The van der Waals surface area contributed by atoms with Crippen LogP contribution in [0.2, 0.25) is 0 Å². The van der Waals surface area contributed by atoms with E-state index in [0.29, 0.717) is 25.3 Å². The van der Waals surface area contributed by atoms with Crippen LogP contribution in [0.15, 0.2) is 0 Å². The lowest BCUT2D eigenvalue weighted by atomic mass is 9.81. The van der Waals surface area contributed by atoms with Crippen molar-refractivity contribution in [2.24, 2.45) is 17.8 Å². The number of ether oxygens (including phenoxy) is 1. The average molecular weight is 311 g/mol. The number of likely N-dealkylation sites (tertiary alicyclic amines) is 1. The van der Waals surface area contributed by atoms with E-state index >= 15 is 0 Å². The van der Waals surface area contributed by atoms with Gasteiger partial charge in [-0.3, -0.25) is 9.59 Å². The predicted molar refractivity (Wildman–Crippen MR) is 83.5 cm³/mol. The maximum absolute atomic E-state index is 12.6. The van der Waals surface area contributed by atoms with Crippen molar-refractivity contribution in [1.82, 2.24) is 4.90 Å². The first-order valence-corrected chi connectivity index (χ1v) is 8.60. The van der Waals surface area contributed by atoms with E-state index in [-0.39, 0.29) is 23.8 Å². The normalized spacial score (nSPS) is 29.0. The lowest BCUT2D eigenvalue weighted by Crippen LogP contribution is -2.38. The Morgan fingerprint density at radius 1 is 1.23 bits per heavy atom. The fourth-order valence-electron chi connectivity index (χ4n) is 3.43. The first kappa shape index (κ1) is 17.3. The number of carboxylic acid groups (broad SMARTS) is 1. The summed E-state index contributed by atoms with van der Waals surface area (Å²) in [7, 11) is 0. The van der Waals surface area contributed by atoms with Gasteiger partial charge in [0.1, 0.15) is 0 Å². The van der Waals surface area contributed by atoms with Crippen LogP contribution in [0.1, 0.15) is 52.4 Å². The molecule has 0 aromatic carbocycles. The summed E-state index contributed by atoms with van der Waals surface area (Å²) >= 11 is 0. The molecule has 1 aliphatic carbocycles. The highest BCUT2D eigenvalue weighted by atomic mass is 16.5. The SMILES string of the molecule is CC(C)CCOC1CCN(C(=O)C2CCCC(C(=O)O)C2)C1. The number of nitrogens with zero attached hydrogens (tertiary/aromatic N) is 1. The molecule has 3 atom stereocenters. The van der Waals surface area contributed by atoms with Crippen LogP contribution in [0.4, 0.5) is 0 Å². The smallest absolute Gasteiger partial charge is 0.306 e. The van der Waals surface area contributed by atoms with Gasteiger partial charge in [0.25, 0.3) is 0 Å². The molecule has 0 bridgehead atoms. The highest BCUT2D eigenvalue weighted by Crippen LogP contribution is 2.31. The van der Waals surface area contributed by atoms with Crippen LogP contribution in [0.25, 0.3) is 0 Å². The average Bonchev–Trinajstić information content (AvgIpc) is 2.95. The van der Waals surface area contributed by atoms with Crippen LogP contribution in [-0.4, -0.2) is 47.7 Å².